The molecule has 0 aromatic heterocycles. The molecule has 6 heavy (non-hydrogen) atoms. The van der Waals surface area contributed by atoms with Crippen molar-refractivity contribution in [1.29, 1.82) is 0 Å². The third-order valence-corrected chi connectivity index (χ3v) is 0. The van der Waals surface area contributed by atoms with Crippen LogP contribution in [-0.4, -0.2) is 14.3 Å². The molecule has 0 saturated heterocycles. The molecule has 0 aliphatic rings. The molecule has 0 rings (SSSR count). The zero-order valence-electron chi connectivity index (χ0n) is 2.57. The Morgan fingerprint density at radius 1 is 1.17 bits per heavy atom. The van der Waals surface area contributed by atoms with Gasteiger partial charge in [0, 0.05) is 0 Å². The van der Waals surface area contributed by atoms with Gasteiger partial charge in [-0.3, -0.25) is 10.5 Å². The molecular formula is H3O5W. The van der Waals surface area contributed by atoms with Gasteiger partial charge in [-0.1, -0.05) is 0 Å². The molecule has 0 fully saturated rings. The van der Waals surface area contributed by atoms with Crippen molar-refractivity contribution >= 4 is 0 Å². The van der Waals surface area contributed by atoms with Crippen LogP contribution in [0.25, 0.3) is 0 Å². The van der Waals surface area contributed by atoms with Gasteiger partial charge >= 0.3 is 28.2 Å². The topological polar surface area (TPSA) is 94.8 Å². The Labute approximate surface area is 39.4 Å². The third kappa shape index (κ3) is 1480. The van der Waals surface area contributed by atoms with Crippen molar-refractivity contribution in [2.24, 2.45) is 0 Å². The third-order valence-electron chi connectivity index (χ3n) is 0. The summed E-state index contributed by atoms with van der Waals surface area (Å²) in [4.78, 5) is 0. The molecule has 0 radical (unpaired) electrons. The van der Waals surface area contributed by atoms with E-state index in [0.717, 1.165) is 0 Å². The van der Waals surface area contributed by atoms with E-state index in [4.69, 9.17) is 21.1 Å². The Morgan fingerprint density at radius 3 is 1.17 bits per heavy atom. The van der Waals surface area contributed by atoms with Crippen LogP contribution in [0.15, 0.2) is 0 Å². The van der Waals surface area contributed by atoms with Gasteiger partial charge in [-0.15, -0.1) is 0 Å². The quantitative estimate of drug-likeness (QED) is 0.395. The Bertz CT molecular complexity index is 52.3. The molecule has 39 valence electrons. The van der Waals surface area contributed by atoms with E-state index in [0.29, 0.717) is 0 Å². The fourth-order valence-corrected chi connectivity index (χ4v) is 0. The van der Waals surface area contributed by atoms with Crippen molar-refractivity contribution in [3.8, 4) is 0 Å². The SMILES string of the molecule is OO.[O]=[W](=[O])[OH]. The average Bonchev–Trinajstić information content (AvgIpc) is 1.41. The first-order chi connectivity index (χ1) is 2.73. The average molecular weight is 267 g/mol. The first-order valence-electron chi connectivity index (χ1n) is 0.716. The van der Waals surface area contributed by atoms with Gasteiger partial charge in [0.2, 0.25) is 0 Å². The fourth-order valence-electron chi connectivity index (χ4n) is 0. The Balaban J connectivity index is 0. The monoisotopic (exact) mass is 267 g/mol. The molecule has 0 heterocycles. The fraction of sp³-hybridized carbons (Fsp3) is 0. The molecular weight excluding hydrogens is 264 g/mol. The van der Waals surface area contributed by atoms with Crippen LogP contribution in [0.2, 0.25) is 0 Å². The summed E-state index contributed by atoms with van der Waals surface area (Å²) in [6.07, 6.45) is 0. The summed E-state index contributed by atoms with van der Waals surface area (Å²) in [5, 5.41) is 12.0. The number of rotatable bonds is 0. The maximum absolute atomic E-state index is 8.72. The Morgan fingerprint density at radius 2 is 1.17 bits per heavy atom. The molecule has 0 unspecified atom stereocenters. The van der Waals surface area contributed by atoms with Gasteiger partial charge in [0.15, 0.2) is 0 Å². The number of hydrogen-bond donors (Lipinski definition) is 3. The van der Waals surface area contributed by atoms with Crippen LogP contribution in [0.5, 0.6) is 0 Å². The number of hydrogen-bond acceptors (Lipinski definition) is 4. The molecule has 0 aromatic carbocycles. The van der Waals surface area contributed by atoms with Gasteiger partial charge in [0.1, 0.15) is 0 Å². The molecule has 5 nitrogen and oxygen atoms in total. The van der Waals surface area contributed by atoms with Crippen molar-refractivity contribution in [1.82, 2.24) is 0 Å². The van der Waals surface area contributed by atoms with Gasteiger partial charge in [-0.05, 0) is 0 Å². The van der Waals surface area contributed by atoms with E-state index in [9.17, 15) is 0 Å². The van der Waals surface area contributed by atoms with Crippen LogP contribution in [0.1, 0.15) is 0 Å². The molecule has 0 aliphatic carbocycles. The van der Waals surface area contributed by atoms with Crippen molar-refractivity contribution in [3.63, 3.8) is 0 Å². The van der Waals surface area contributed by atoms with Crippen LogP contribution in [0.4, 0.5) is 0 Å². The van der Waals surface area contributed by atoms with E-state index in [1.54, 1.807) is 0 Å². The predicted molar refractivity (Wildman–Crippen MR) is 8.85 cm³/mol. The standard InChI is InChI=1S/H2O2.H2O.2O.W/c1-2;;;;/h1-2H;1H2;;;/q;;;;+1/p-1. The van der Waals surface area contributed by atoms with E-state index in [1.165, 1.54) is 0 Å². The minimum absolute atomic E-state index is 4.03. The summed E-state index contributed by atoms with van der Waals surface area (Å²) in [5.41, 5.74) is 0. The minimum atomic E-state index is -4.03. The maximum atomic E-state index is 8.72. The summed E-state index contributed by atoms with van der Waals surface area (Å²) in [5.74, 6) is 0. The van der Waals surface area contributed by atoms with Gasteiger partial charge in [-0.25, -0.2) is 0 Å². The van der Waals surface area contributed by atoms with Crippen LogP contribution >= 0.6 is 0 Å². The Kier molecular flexibility index (Phi) is 14.1. The van der Waals surface area contributed by atoms with Crippen LogP contribution < -0.4 is 0 Å². The molecule has 0 aromatic rings. The normalized spacial score (nSPS) is 5.17. The van der Waals surface area contributed by atoms with Crippen molar-refractivity contribution < 1.29 is 38.7 Å². The Hall–Kier alpha value is 0.168. The van der Waals surface area contributed by atoms with E-state index >= 15 is 0 Å². The van der Waals surface area contributed by atoms with E-state index in [1.807, 2.05) is 0 Å². The van der Waals surface area contributed by atoms with Crippen molar-refractivity contribution in [3.05, 3.63) is 0 Å². The predicted octanol–water partition coefficient (Wildman–Crippen LogP) is -0.780. The van der Waals surface area contributed by atoms with Gasteiger partial charge < -0.3 is 0 Å². The van der Waals surface area contributed by atoms with Gasteiger partial charge in [-0.2, -0.15) is 0 Å². The van der Waals surface area contributed by atoms with Gasteiger partial charge in [0.05, 0.1) is 0 Å². The second-order valence-corrected chi connectivity index (χ2v) is 1.78. The molecule has 0 amide bonds. The summed E-state index contributed by atoms with van der Waals surface area (Å²) in [6, 6.07) is 0. The molecule has 0 bridgehead atoms. The first kappa shape index (κ1) is 9.48. The molecule has 6 heteroatoms. The van der Waals surface area contributed by atoms with Crippen molar-refractivity contribution in [2.75, 3.05) is 0 Å². The summed E-state index contributed by atoms with van der Waals surface area (Å²) in [7, 11) is 0. The van der Waals surface area contributed by atoms with Crippen LogP contribution in [0, 0.1) is 0 Å². The van der Waals surface area contributed by atoms with E-state index in [-0.39, 0.29) is 0 Å². The molecule has 3 N–H and O–H groups in total. The molecule has 0 spiro atoms. The second kappa shape index (κ2) is 8.95. The van der Waals surface area contributed by atoms with E-state index < -0.39 is 17.6 Å². The first-order valence-corrected chi connectivity index (χ1v) is 4.42. The van der Waals surface area contributed by atoms with Crippen molar-refractivity contribution in [2.45, 2.75) is 0 Å². The van der Waals surface area contributed by atoms with Gasteiger partial charge in [0.25, 0.3) is 0 Å². The second-order valence-electron chi connectivity index (χ2n) is 0.217. The summed E-state index contributed by atoms with van der Waals surface area (Å²) in [6.45, 7) is 0. The van der Waals surface area contributed by atoms with Crippen LogP contribution in [0.3, 0.4) is 0 Å². The molecule has 0 atom stereocenters. The summed E-state index contributed by atoms with van der Waals surface area (Å²) >= 11 is -4.03. The zero-order valence-corrected chi connectivity index (χ0v) is 5.50. The summed E-state index contributed by atoms with van der Waals surface area (Å²) < 4.78 is 24.6. The van der Waals surface area contributed by atoms with E-state index in [2.05, 4.69) is 0 Å². The molecule has 0 aliphatic heterocycles. The molecule has 0 saturated carbocycles. The zero-order chi connectivity index (χ0) is 5.58. The van der Waals surface area contributed by atoms with Crippen LogP contribution in [-0.2, 0) is 24.4 Å².